The van der Waals surface area contributed by atoms with Crippen molar-refractivity contribution in [3.63, 3.8) is 0 Å². The standard InChI is InChI=1S/C9H19NO2S/c1-8(2)13(11,12)9(7-10-3)5-4-6-9/h8,10H,4-7H2,1-3H3. The molecule has 1 aliphatic carbocycles. The van der Waals surface area contributed by atoms with E-state index in [0.29, 0.717) is 6.54 Å². The first-order valence-electron chi connectivity index (χ1n) is 4.84. The summed E-state index contributed by atoms with van der Waals surface area (Å²) in [6.07, 6.45) is 2.70. The third-order valence-corrected chi connectivity index (χ3v) is 5.99. The third-order valence-electron chi connectivity index (χ3n) is 2.99. The summed E-state index contributed by atoms with van der Waals surface area (Å²) in [5, 5.41) is 2.74. The Kier molecular flexibility index (Phi) is 3.02. The minimum absolute atomic E-state index is 0.249. The predicted molar refractivity (Wildman–Crippen MR) is 54.6 cm³/mol. The summed E-state index contributed by atoms with van der Waals surface area (Å²) in [7, 11) is -1.11. The Morgan fingerprint density at radius 1 is 1.38 bits per heavy atom. The van der Waals surface area contributed by atoms with Crippen LogP contribution in [0, 0.1) is 0 Å². The van der Waals surface area contributed by atoms with Crippen LogP contribution in [0.3, 0.4) is 0 Å². The molecule has 0 aliphatic heterocycles. The lowest BCUT2D eigenvalue weighted by Crippen LogP contribution is -2.54. The Bertz CT molecular complexity index is 265. The van der Waals surface area contributed by atoms with Gasteiger partial charge >= 0.3 is 0 Å². The van der Waals surface area contributed by atoms with Gasteiger partial charge in [-0.05, 0) is 33.7 Å². The van der Waals surface area contributed by atoms with Gasteiger partial charge in [-0.2, -0.15) is 0 Å². The quantitative estimate of drug-likeness (QED) is 0.743. The Morgan fingerprint density at radius 3 is 2.15 bits per heavy atom. The molecule has 1 N–H and O–H groups in total. The molecule has 3 nitrogen and oxygen atoms in total. The first kappa shape index (κ1) is 11.0. The van der Waals surface area contributed by atoms with Gasteiger partial charge in [-0.1, -0.05) is 6.42 Å². The van der Waals surface area contributed by atoms with E-state index >= 15 is 0 Å². The van der Waals surface area contributed by atoms with Crippen molar-refractivity contribution in [2.75, 3.05) is 13.6 Å². The molecule has 0 aromatic rings. The van der Waals surface area contributed by atoms with E-state index in [0.717, 1.165) is 19.3 Å². The van der Waals surface area contributed by atoms with Gasteiger partial charge in [-0.15, -0.1) is 0 Å². The molecule has 0 heterocycles. The van der Waals surface area contributed by atoms with Crippen molar-refractivity contribution in [2.45, 2.75) is 43.1 Å². The fraction of sp³-hybridized carbons (Fsp3) is 1.00. The topological polar surface area (TPSA) is 46.2 Å². The van der Waals surface area contributed by atoms with Crippen LogP contribution in [-0.2, 0) is 9.84 Å². The lowest BCUT2D eigenvalue weighted by Gasteiger charge is -2.42. The first-order valence-corrected chi connectivity index (χ1v) is 6.39. The van der Waals surface area contributed by atoms with Crippen LogP contribution in [0.5, 0.6) is 0 Å². The molecule has 1 fully saturated rings. The molecular weight excluding hydrogens is 186 g/mol. The monoisotopic (exact) mass is 205 g/mol. The summed E-state index contributed by atoms with van der Waals surface area (Å²) in [6, 6.07) is 0. The molecule has 1 rings (SSSR count). The van der Waals surface area contributed by atoms with Crippen molar-refractivity contribution in [2.24, 2.45) is 0 Å². The fourth-order valence-corrected chi connectivity index (χ4v) is 4.16. The van der Waals surface area contributed by atoms with Crippen LogP contribution in [0.4, 0.5) is 0 Å². The maximum Gasteiger partial charge on any atom is 0.159 e. The highest BCUT2D eigenvalue weighted by molar-refractivity contribution is 7.93. The highest BCUT2D eigenvalue weighted by atomic mass is 32.2. The Hall–Kier alpha value is -0.0900. The van der Waals surface area contributed by atoms with Gasteiger partial charge in [0.15, 0.2) is 9.84 Å². The highest BCUT2D eigenvalue weighted by Gasteiger charge is 2.49. The molecule has 78 valence electrons. The van der Waals surface area contributed by atoms with Gasteiger partial charge in [0.25, 0.3) is 0 Å². The average molecular weight is 205 g/mol. The first-order chi connectivity index (χ1) is 5.96. The number of nitrogens with one attached hydrogen (secondary N) is 1. The maximum absolute atomic E-state index is 12.0. The Labute approximate surface area is 80.8 Å². The summed E-state index contributed by atoms with van der Waals surface area (Å²) in [5.74, 6) is 0. The highest BCUT2D eigenvalue weighted by Crippen LogP contribution is 2.40. The van der Waals surface area contributed by atoms with Crippen molar-refractivity contribution < 1.29 is 8.42 Å². The van der Waals surface area contributed by atoms with Crippen LogP contribution in [0.15, 0.2) is 0 Å². The van der Waals surface area contributed by atoms with Crippen molar-refractivity contribution in [3.05, 3.63) is 0 Å². The van der Waals surface area contributed by atoms with Crippen LogP contribution in [0.2, 0.25) is 0 Å². The van der Waals surface area contributed by atoms with Gasteiger partial charge in [0.1, 0.15) is 0 Å². The minimum Gasteiger partial charge on any atom is -0.318 e. The molecule has 0 spiro atoms. The molecule has 4 heteroatoms. The molecule has 0 unspecified atom stereocenters. The fourth-order valence-electron chi connectivity index (χ4n) is 1.96. The molecule has 0 radical (unpaired) electrons. The minimum atomic E-state index is -2.93. The molecule has 0 bridgehead atoms. The molecule has 0 atom stereocenters. The van der Waals surface area contributed by atoms with E-state index in [1.165, 1.54) is 0 Å². The molecule has 1 aliphatic rings. The zero-order valence-corrected chi connectivity index (χ0v) is 9.45. The van der Waals surface area contributed by atoms with E-state index in [2.05, 4.69) is 5.32 Å². The van der Waals surface area contributed by atoms with Gasteiger partial charge in [-0.25, -0.2) is 8.42 Å². The number of rotatable bonds is 4. The zero-order valence-electron chi connectivity index (χ0n) is 8.63. The second-order valence-corrected chi connectivity index (χ2v) is 7.06. The molecular formula is C9H19NO2S. The second kappa shape index (κ2) is 3.58. The summed E-state index contributed by atoms with van der Waals surface area (Å²) in [6.45, 7) is 4.14. The lowest BCUT2D eigenvalue weighted by atomic mass is 9.84. The summed E-state index contributed by atoms with van der Waals surface area (Å²) >= 11 is 0. The molecule has 13 heavy (non-hydrogen) atoms. The van der Waals surface area contributed by atoms with E-state index in [-0.39, 0.29) is 5.25 Å². The van der Waals surface area contributed by atoms with Gasteiger partial charge < -0.3 is 5.32 Å². The maximum atomic E-state index is 12.0. The molecule has 0 aromatic carbocycles. The normalized spacial score (nSPS) is 21.5. The Balaban J connectivity index is 2.89. The largest absolute Gasteiger partial charge is 0.318 e. The summed E-state index contributed by atoms with van der Waals surface area (Å²) in [4.78, 5) is 0. The third kappa shape index (κ3) is 1.62. The SMILES string of the molecule is CNCC1(S(=O)(=O)C(C)C)CCC1. The summed E-state index contributed by atoms with van der Waals surface area (Å²) < 4.78 is 23.5. The number of sulfone groups is 1. The molecule has 1 saturated carbocycles. The van der Waals surface area contributed by atoms with Crippen LogP contribution in [0.25, 0.3) is 0 Å². The van der Waals surface area contributed by atoms with Gasteiger partial charge in [0.2, 0.25) is 0 Å². The summed E-state index contributed by atoms with van der Waals surface area (Å²) in [5.41, 5.74) is 0. The van der Waals surface area contributed by atoms with Crippen molar-refractivity contribution in [1.29, 1.82) is 0 Å². The van der Waals surface area contributed by atoms with Gasteiger partial charge in [0, 0.05) is 6.54 Å². The average Bonchev–Trinajstić information content (AvgIpc) is 1.95. The smallest absolute Gasteiger partial charge is 0.159 e. The van der Waals surface area contributed by atoms with E-state index in [9.17, 15) is 8.42 Å². The zero-order chi connectivity index (χ0) is 10.1. The van der Waals surface area contributed by atoms with Crippen LogP contribution < -0.4 is 5.32 Å². The van der Waals surface area contributed by atoms with Gasteiger partial charge in [0.05, 0.1) is 10.00 Å². The van der Waals surface area contributed by atoms with E-state index < -0.39 is 14.6 Å². The second-order valence-electron chi connectivity index (χ2n) is 4.16. The Morgan fingerprint density at radius 2 is 1.92 bits per heavy atom. The van der Waals surface area contributed by atoms with Crippen molar-refractivity contribution in [1.82, 2.24) is 5.32 Å². The van der Waals surface area contributed by atoms with Crippen molar-refractivity contribution >= 4 is 9.84 Å². The van der Waals surface area contributed by atoms with E-state index in [1.807, 2.05) is 7.05 Å². The van der Waals surface area contributed by atoms with Crippen molar-refractivity contribution in [3.8, 4) is 0 Å². The van der Waals surface area contributed by atoms with Crippen LogP contribution in [0.1, 0.15) is 33.1 Å². The lowest BCUT2D eigenvalue weighted by molar-refractivity contribution is 0.326. The molecule has 0 amide bonds. The van der Waals surface area contributed by atoms with Crippen LogP contribution >= 0.6 is 0 Å². The van der Waals surface area contributed by atoms with Gasteiger partial charge in [-0.3, -0.25) is 0 Å². The van der Waals surface area contributed by atoms with E-state index in [1.54, 1.807) is 13.8 Å². The molecule has 0 aromatic heterocycles. The molecule has 0 saturated heterocycles. The number of hydrogen-bond donors (Lipinski definition) is 1. The number of hydrogen-bond acceptors (Lipinski definition) is 3. The van der Waals surface area contributed by atoms with Crippen LogP contribution in [-0.4, -0.2) is 32.0 Å². The predicted octanol–water partition coefficient (Wildman–Crippen LogP) is 0.952. The van der Waals surface area contributed by atoms with E-state index in [4.69, 9.17) is 0 Å².